The third-order valence-electron chi connectivity index (χ3n) is 4.19. The van der Waals surface area contributed by atoms with Crippen LogP contribution in [0.3, 0.4) is 0 Å². The first-order chi connectivity index (χ1) is 13.3. The smallest absolute Gasteiger partial charge is 0.269 e. The summed E-state index contributed by atoms with van der Waals surface area (Å²) in [5, 5.41) is 14.0. The number of aryl methyl sites for hydroxylation is 1. The lowest BCUT2D eigenvalue weighted by molar-refractivity contribution is -0.384. The number of nitro groups is 1. The van der Waals surface area contributed by atoms with E-state index >= 15 is 0 Å². The van der Waals surface area contributed by atoms with Crippen molar-refractivity contribution in [3.05, 3.63) is 103 Å². The summed E-state index contributed by atoms with van der Waals surface area (Å²) in [5.74, 6) is -0.372. The third-order valence-corrected chi connectivity index (χ3v) is 4.43. The van der Waals surface area contributed by atoms with Crippen LogP contribution in [-0.2, 0) is 6.54 Å². The molecule has 28 heavy (non-hydrogen) atoms. The molecule has 0 unspecified atom stereocenters. The first kappa shape index (κ1) is 19.3. The molecule has 0 bridgehead atoms. The monoisotopic (exact) mass is 397 g/mol. The van der Waals surface area contributed by atoms with Gasteiger partial charge < -0.3 is 9.88 Å². The number of nitrogens with one attached hydrogen (secondary N) is 1. The van der Waals surface area contributed by atoms with Crippen molar-refractivity contribution in [2.75, 3.05) is 5.32 Å². The zero-order valence-electron chi connectivity index (χ0n) is 14.9. The highest BCUT2D eigenvalue weighted by atomic mass is 35.5. The minimum Gasteiger partial charge on any atom is -0.322 e. The lowest BCUT2D eigenvalue weighted by atomic mass is 10.1. The van der Waals surface area contributed by atoms with Crippen molar-refractivity contribution in [3.8, 4) is 0 Å². The number of halogens is 1. The van der Waals surface area contributed by atoms with Crippen LogP contribution in [0.4, 0.5) is 11.4 Å². The van der Waals surface area contributed by atoms with Gasteiger partial charge in [-0.25, -0.2) is 0 Å². The molecule has 7 nitrogen and oxygen atoms in total. The van der Waals surface area contributed by atoms with Gasteiger partial charge in [-0.3, -0.25) is 19.7 Å². The van der Waals surface area contributed by atoms with Gasteiger partial charge >= 0.3 is 0 Å². The fourth-order valence-corrected chi connectivity index (χ4v) is 2.80. The molecular weight excluding hydrogens is 382 g/mol. The number of carbonyl (C=O) groups is 1. The average Bonchev–Trinajstić information content (AvgIpc) is 2.67. The van der Waals surface area contributed by atoms with Crippen LogP contribution in [0.5, 0.6) is 0 Å². The molecule has 2 aromatic carbocycles. The average molecular weight is 398 g/mol. The van der Waals surface area contributed by atoms with Crippen LogP contribution in [-0.4, -0.2) is 15.4 Å². The molecule has 1 heterocycles. The number of rotatable bonds is 5. The molecule has 1 amide bonds. The van der Waals surface area contributed by atoms with Gasteiger partial charge in [-0.1, -0.05) is 29.8 Å². The van der Waals surface area contributed by atoms with Gasteiger partial charge in [-0.05, 0) is 36.2 Å². The van der Waals surface area contributed by atoms with Gasteiger partial charge in [-0.2, -0.15) is 0 Å². The van der Waals surface area contributed by atoms with Gasteiger partial charge in [0.2, 0.25) is 0 Å². The standard InChI is InChI=1S/C20H16ClN3O4/c1-13-2-6-16(21)10-18(13)22-20(26)15-5-9-19(25)23(12-15)11-14-3-7-17(8-4-14)24(27)28/h2-10,12H,11H2,1H3,(H,22,26). The molecule has 0 radical (unpaired) electrons. The van der Waals surface area contributed by atoms with Crippen molar-refractivity contribution in [3.63, 3.8) is 0 Å². The Morgan fingerprint density at radius 2 is 1.86 bits per heavy atom. The third kappa shape index (κ3) is 4.44. The summed E-state index contributed by atoms with van der Waals surface area (Å²) in [4.78, 5) is 35.0. The fourth-order valence-electron chi connectivity index (χ4n) is 2.63. The van der Waals surface area contributed by atoms with Gasteiger partial charge in [-0.15, -0.1) is 0 Å². The number of nitrogens with zero attached hydrogens (tertiary/aromatic N) is 2. The van der Waals surface area contributed by atoms with E-state index in [1.165, 1.54) is 35.0 Å². The van der Waals surface area contributed by atoms with E-state index in [4.69, 9.17) is 11.6 Å². The zero-order valence-corrected chi connectivity index (χ0v) is 15.6. The maximum atomic E-state index is 12.6. The van der Waals surface area contributed by atoms with Crippen LogP contribution < -0.4 is 10.9 Å². The zero-order chi connectivity index (χ0) is 20.3. The Morgan fingerprint density at radius 1 is 1.14 bits per heavy atom. The van der Waals surface area contributed by atoms with Crippen molar-refractivity contribution in [1.29, 1.82) is 0 Å². The first-order valence-corrected chi connectivity index (χ1v) is 8.72. The topological polar surface area (TPSA) is 94.2 Å². The highest BCUT2D eigenvalue weighted by Crippen LogP contribution is 2.21. The number of non-ortho nitro benzene ring substituents is 1. The second-order valence-electron chi connectivity index (χ2n) is 6.22. The summed E-state index contributed by atoms with van der Waals surface area (Å²) in [6, 6.07) is 13.8. The molecule has 0 aliphatic heterocycles. The van der Waals surface area contributed by atoms with E-state index in [2.05, 4.69) is 5.32 Å². The number of amides is 1. The number of aromatic nitrogens is 1. The quantitative estimate of drug-likeness (QED) is 0.519. The van der Waals surface area contributed by atoms with Crippen LogP contribution >= 0.6 is 11.6 Å². The maximum absolute atomic E-state index is 12.6. The van der Waals surface area contributed by atoms with Crippen LogP contribution in [0, 0.1) is 17.0 Å². The van der Waals surface area contributed by atoms with E-state index in [0.29, 0.717) is 21.8 Å². The summed E-state index contributed by atoms with van der Waals surface area (Å²) in [6.45, 7) is 2.04. The van der Waals surface area contributed by atoms with Gasteiger partial charge in [0, 0.05) is 35.1 Å². The van der Waals surface area contributed by atoms with E-state index in [9.17, 15) is 19.7 Å². The van der Waals surface area contributed by atoms with E-state index in [1.807, 2.05) is 6.92 Å². The molecule has 0 aliphatic rings. The Labute approximate surface area is 165 Å². The summed E-state index contributed by atoms with van der Waals surface area (Å²) in [7, 11) is 0. The highest BCUT2D eigenvalue weighted by Gasteiger charge is 2.11. The normalized spacial score (nSPS) is 10.5. The summed E-state index contributed by atoms with van der Waals surface area (Å²) in [5.41, 5.74) is 2.15. The Hall–Kier alpha value is -3.45. The van der Waals surface area contributed by atoms with Crippen molar-refractivity contribution in [2.45, 2.75) is 13.5 Å². The molecule has 1 aromatic heterocycles. The van der Waals surface area contributed by atoms with E-state index in [-0.39, 0.29) is 23.7 Å². The Kier molecular flexibility index (Phi) is 5.56. The Bertz CT molecular complexity index is 1110. The predicted molar refractivity (Wildman–Crippen MR) is 107 cm³/mol. The molecule has 0 saturated carbocycles. The van der Waals surface area contributed by atoms with E-state index in [1.54, 1.807) is 30.3 Å². The number of anilines is 1. The number of hydrogen-bond acceptors (Lipinski definition) is 4. The second kappa shape index (κ2) is 8.06. The largest absolute Gasteiger partial charge is 0.322 e. The van der Waals surface area contributed by atoms with Crippen LogP contribution in [0.1, 0.15) is 21.5 Å². The van der Waals surface area contributed by atoms with Crippen LogP contribution in [0.15, 0.2) is 65.6 Å². The summed E-state index contributed by atoms with van der Waals surface area (Å²) in [6.07, 6.45) is 1.46. The number of nitro benzene ring substituents is 1. The van der Waals surface area contributed by atoms with Crippen molar-refractivity contribution in [1.82, 2.24) is 4.57 Å². The van der Waals surface area contributed by atoms with Gasteiger partial charge in [0.1, 0.15) is 0 Å². The number of hydrogen-bond donors (Lipinski definition) is 1. The minimum absolute atomic E-state index is 0.0267. The molecule has 142 valence electrons. The lowest BCUT2D eigenvalue weighted by Gasteiger charge is -2.11. The second-order valence-corrected chi connectivity index (χ2v) is 6.66. The molecule has 8 heteroatoms. The minimum atomic E-state index is -0.487. The molecule has 0 atom stereocenters. The molecule has 0 spiro atoms. The molecule has 3 rings (SSSR count). The first-order valence-electron chi connectivity index (χ1n) is 8.35. The number of pyridine rings is 1. The van der Waals surface area contributed by atoms with Crippen molar-refractivity contribution in [2.24, 2.45) is 0 Å². The van der Waals surface area contributed by atoms with Crippen molar-refractivity contribution >= 4 is 28.9 Å². The Morgan fingerprint density at radius 3 is 2.54 bits per heavy atom. The molecule has 0 saturated heterocycles. The summed E-state index contributed by atoms with van der Waals surface area (Å²) < 4.78 is 1.38. The van der Waals surface area contributed by atoms with Gasteiger partial charge in [0.15, 0.2) is 0 Å². The number of carbonyl (C=O) groups excluding carboxylic acids is 1. The van der Waals surface area contributed by atoms with Crippen LogP contribution in [0.25, 0.3) is 0 Å². The van der Waals surface area contributed by atoms with Crippen LogP contribution in [0.2, 0.25) is 5.02 Å². The molecule has 0 fully saturated rings. The Balaban J connectivity index is 1.82. The molecule has 0 aliphatic carbocycles. The van der Waals surface area contributed by atoms with E-state index in [0.717, 1.165) is 5.56 Å². The molecule has 1 N–H and O–H groups in total. The highest BCUT2D eigenvalue weighted by molar-refractivity contribution is 6.31. The van der Waals surface area contributed by atoms with Crippen molar-refractivity contribution < 1.29 is 9.72 Å². The van der Waals surface area contributed by atoms with Gasteiger partial charge in [0.25, 0.3) is 17.2 Å². The van der Waals surface area contributed by atoms with E-state index < -0.39 is 4.92 Å². The SMILES string of the molecule is Cc1ccc(Cl)cc1NC(=O)c1ccc(=O)n(Cc2ccc([N+](=O)[O-])cc2)c1. The fraction of sp³-hybridized carbons (Fsp3) is 0.100. The number of benzene rings is 2. The van der Waals surface area contributed by atoms with Gasteiger partial charge in [0.05, 0.1) is 17.0 Å². The molecular formula is C20H16ClN3O4. The summed E-state index contributed by atoms with van der Waals surface area (Å²) >= 11 is 5.97. The maximum Gasteiger partial charge on any atom is 0.269 e. The lowest BCUT2D eigenvalue weighted by Crippen LogP contribution is -2.22. The predicted octanol–water partition coefficient (Wildman–Crippen LogP) is 4.02. The molecule has 3 aromatic rings.